The molecular formula is C23H29N5O11. The largest absolute Gasteiger partial charge is 0.393 e. The number of carbonyl (C=O) groups excluding carboxylic acids is 1. The van der Waals surface area contributed by atoms with Gasteiger partial charge in [-0.15, -0.1) is 0 Å². The van der Waals surface area contributed by atoms with Crippen molar-refractivity contribution in [2.75, 3.05) is 26.4 Å². The highest BCUT2D eigenvalue weighted by Gasteiger charge is 2.63. The molecule has 0 spiro atoms. The number of aromatic nitrogens is 4. The van der Waals surface area contributed by atoms with Gasteiger partial charge in [0.2, 0.25) is 0 Å². The van der Waals surface area contributed by atoms with E-state index in [0.717, 1.165) is 4.57 Å². The van der Waals surface area contributed by atoms with E-state index in [-0.39, 0.29) is 31.7 Å². The highest BCUT2D eigenvalue weighted by molar-refractivity contribution is 5.81. The number of aryl methyl sites for hydroxylation is 2. The summed E-state index contributed by atoms with van der Waals surface area (Å²) in [5.41, 5.74) is -3.16. The number of carbonyl (C=O) groups is 1. The number of rotatable bonds is 8. The Morgan fingerprint density at radius 1 is 1.13 bits per heavy atom. The second kappa shape index (κ2) is 10.3. The highest BCUT2D eigenvalue weighted by Crippen LogP contribution is 2.45. The number of hydrogen-bond donors (Lipinski definition) is 5. The summed E-state index contributed by atoms with van der Waals surface area (Å²) in [6, 6.07) is 0. The Morgan fingerprint density at radius 2 is 1.77 bits per heavy atom. The van der Waals surface area contributed by atoms with Gasteiger partial charge in [-0.3, -0.25) is 33.5 Å². The zero-order valence-corrected chi connectivity index (χ0v) is 21.1. The second-order valence-electron chi connectivity index (χ2n) is 9.86. The maximum absolute atomic E-state index is 12.7. The van der Waals surface area contributed by atoms with E-state index < -0.39 is 77.5 Å². The molecule has 3 saturated heterocycles. The fourth-order valence-corrected chi connectivity index (χ4v) is 5.08. The van der Waals surface area contributed by atoms with Crippen molar-refractivity contribution in [3.8, 4) is 0 Å². The van der Waals surface area contributed by atoms with Crippen molar-refractivity contribution in [1.82, 2.24) is 24.4 Å². The van der Waals surface area contributed by atoms with Crippen LogP contribution in [0.5, 0.6) is 0 Å². The molecule has 5 N–H and O–H groups in total. The first-order valence-corrected chi connectivity index (χ1v) is 12.3. The van der Waals surface area contributed by atoms with Gasteiger partial charge in [0.15, 0.2) is 12.3 Å². The summed E-state index contributed by atoms with van der Waals surface area (Å²) < 4.78 is 25.5. The van der Waals surface area contributed by atoms with E-state index in [9.17, 15) is 34.2 Å². The molecule has 212 valence electrons. The number of nitrogens with zero attached hydrogens (tertiary/aromatic N) is 2. The number of ether oxygens (including phenoxy) is 4. The molecule has 1 amide bonds. The smallest absolute Gasteiger partial charge is 0.330 e. The molecule has 1 unspecified atom stereocenters. The Balaban J connectivity index is 1.19. The van der Waals surface area contributed by atoms with Crippen molar-refractivity contribution < 1.29 is 34.0 Å². The minimum atomic E-state index is -1.26. The molecule has 0 aromatic carbocycles. The van der Waals surface area contributed by atoms with Crippen LogP contribution in [0.4, 0.5) is 0 Å². The van der Waals surface area contributed by atoms with Crippen molar-refractivity contribution in [3.63, 3.8) is 0 Å². The summed E-state index contributed by atoms with van der Waals surface area (Å²) in [4.78, 5) is 64.9. The lowest BCUT2D eigenvalue weighted by atomic mass is 10.0. The minimum Gasteiger partial charge on any atom is -0.393 e. The topological polar surface area (TPSA) is 216 Å². The van der Waals surface area contributed by atoms with Gasteiger partial charge in [-0.25, -0.2) is 9.59 Å². The normalized spacial score (nSPS) is 31.6. The number of aromatic amines is 2. The Kier molecular flexibility index (Phi) is 7.17. The Hall–Kier alpha value is -3.41. The minimum absolute atomic E-state index is 0.000894. The molecule has 3 fully saturated rings. The van der Waals surface area contributed by atoms with E-state index in [4.69, 9.17) is 18.9 Å². The number of fused-ring (bicyclic) bond motifs is 2. The van der Waals surface area contributed by atoms with Gasteiger partial charge in [0.1, 0.15) is 24.0 Å². The molecule has 7 atom stereocenters. The number of hydrogen-bond acceptors (Lipinski definition) is 11. The third-order valence-electron chi connectivity index (χ3n) is 7.17. The predicted molar refractivity (Wildman–Crippen MR) is 129 cm³/mol. The first-order chi connectivity index (χ1) is 18.5. The molecule has 0 aliphatic carbocycles. The van der Waals surface area contributed by atoms with E-state index in [1.807, 2.05) is 0 Å². The van der Waals surface area contributed by atoms with Crippen LogP contribution >= 0.6 is 0 Å². The molecule has 3 aliphatic heterocycles. The van der Waals surface area contributed by atoms with Crippen LogP contribution in [-0.2, 0) is 23.7 Å². The fourth-order valence-electron chi connectivity index (χ4n) is 5.08. The van der Waals surface area contributed by atoms with Gasteiger partial charge in [0, 0.05) is 36.5 Å². The van der Waals surface area contributed by atoms with Crippen LogP contribution in [0.2, 0.25) is 0 Å². The summed E-state index contributed by atoms with van der Waals surface area (Å²) in [7, 11) is 0. The predicted octanol–water partition coefficient (Wildman–Crippen LogP) is -3.49. The van der Waals surface area contributed by atoms with Gasteiger partial charge >= 0.3 is 11.4 Å². The summed E-state index contributed by atoms with van der Waals surface area (Å²) in [5, 5.41) is 23.0. The Labute approximate surface area is 219 Å². The lowest BCUT2D eigenvalue weighted by Crippen LogP contribution is -2.47. The third-order valence-corrected chi connectivity index (χ3v) is 7.17. The summed E-state index contributed by atoms with van der Waals surface area (Å²) in [6.45, 7) is 2.58. The molecule has 2 aromatic heterocycles. The van der Waals surface area contributed by atoms with E-state index in [1.165, 1.54) is 30.8 Å². The first-order valence-electron chi connectivity index (χ1n) is 12.3. The van der Waals surface area contributed by atoms with Crippen LogP contribution < -0.4 is 27.8 Å². The fraction of sp³-hybridized carbons (Fsp3) is 0.609. The molecule has 16 heteroatoms. The first kappa shape index (κ1) is 27.2. The van der Waals surface area contributed by atoms with Crippen LogP contribution in [0.3, 0.4) is 0 Å². The van der Waals surface area contributed by atoms with Crippen molar-refractivity contribution in [3.05, 3.63) is 65.2 Å². The average Bonchev–Trinajstić information content (AvgIpc) is 3.55. The SMILES string of the molecule is Cc1cn([C@@H]2O[C@@]3(CO)COC2[C@@H]3OCCNC(=O)[C@H]2O[C@@H](n3cc(C)c(=O)[nH]c3=O)C[C@@H]2O)c(=O)[nH]c1=O. The number of nitrogens with one attached hydrogen (secondary N) is 3. The molecule has 5 rings (SSSR count). The third kappa shape index (κ3) is 4.79. The van der Waals surface area contributed by atoms with Crippen LogP contribution in [-0.4, -0.2) is 91.6 Å². The maximum atomic E-state index is 12.7. The van der Waals surface area contributed by atoms with Gasteiger partial charge in [0.05, 0.1) is 25.9 Å². The molecule has 2 aromatic rings. The van der Waals surface area contributed by atoms with Crippen LogP contribution in [0.1, 0.15) is 30.0 Å². The Morgan fingerprint density at radius 3 is 2.44 bits per heavy atom. The molecule has 16 nitrogen and oxygen atoms in total. The van der Waals surface area contributed by atoms with Gasteiger partial charge in [0.25, 0.3) is 17.0 Å². The van der Waals surface area contributed by atoms with Crippen molar-refractivity contribution in [1.29, 1.82) is 0 Å². The monoisotopic (exact) mass is 551 g/mol. The van der Waals surface area contributed by atoms with Gasteiger partial charge < -0.3 is 34.5 Å². The Bertz CT molecular complexity index is 1490. The summed E-state index contributed by atoms with van der Waals surface area (Å²) in [6.07, 6.45) is -3.28. The molecular weight excluding hydrogens is 522 g/mol. The maximum Gasteiger partial charge on any atom is 0.330 e. The van der Waals surface area contributed by atoms with Gasteiger partial charge in [-0.05, 0) is 13.8 Å². The van der Waals surface area contributed by atoms with Crippen molar-refractivity contribution in [2.24, 2.45) is 0 Å². The molecule has 2 bridgehead atoms. The van der Waals surface area contributed by atoms with Crippen LogP contribution in [0.15, 0.2) is 31.6 Å². The standard InChI is InChI=1S/C23H29N5O11/c1-10-6-27(21(34)25-17(10)31)13-5-12(30)14(38-13)19(33)24-3-4-36-16-15-20(39-23(16,8-29)9-37-15)28-7-11(2)18(32)26-22(28)35/h6-7,12-16,20,29-30H,3-5,8-9H2,1-2H3,(H,24,33)(H,25,31,34)(H,26,32,35)/t12-,13+,14-,15?,16-,20+,23-/m0/s1. The van der Waals surface area contributed by atoms with E-state index in [1.54, 1.807) is 0 Å². The number of H-pyrrole nitrogens is 2. The van der Waals surface area contributed by atoms with Gasteiger partial charge in [-0.2, -0.15) is 0 Å². The lowest BCUT2D eigenvalue weighted by molar-refractivity contribution is -0.188. The molecule has 0 saturated carbocycles. The zero-order valence-electron chi connectivity index (χ0n) is 21.1. The van der Waals surface area contributed by atoms with E-state index in [0.29, 0.717) is 5.56 Å². The summed E-state index contributed by atoms with van der Waals surface area (Å²) >= 11 is 0. The van der Waals surface area contributed by atoms with Crippen molar-refractivity contribution in [2.45, 2.75) is 62.7 Å². The molecule has 3 aliphatic rings. The quantitative estimate of drug-likeness (QED) is 0.203. The average molecular weight is 552 g/mol. The van der Waals surface area contributed by atoms with Gasteiger partial charge in [-0.1, -0.05) is 0 Å². The molecule has 5 heterocycles. The number of aliphatic hydroxyl groups is 2. The van der Waals surface area contributed by atoms with E-state index in [2.05, 4.69) is 15.3 Å². The van der Waals surface area contributed by atoms with Crippen LogP contribution in [0.25, 0.3) is 0 Å². The molecule has 39 heavy (non-hydrogen) atoms. The second-order valence-corrected chi connectivity index (χ2v) is 9.86. The van der Waals surface area contributed by atoms with E-state index >= 15 is 0 Å². The number of amides is 1. The number of aliphatic hydroxyl groups excluding tert-OH is 2. The highest BCUT2D eigenvalue weighted by atomic mass is 16.7. The van der Waals surface area contributed by atoms with Crippen molar-refractivity contribution >= 4 is 5.91 Å². The summed E-state index contributed by atoms with van der Waals surface area (Å²) in [5.74, 6) is -0.630. The lowest BCUT2D eigenvalue weighted by Gasteiger charge is -2.30. The van der Waals surface area contributed by atoms with Crippen LogP contribution in [0, 0.1) is 13.8 Å². The molecule has 0 radical (unpaired) electrons. The zero-order chi connectivity index (χ0) is 28.1.